The first-order chi connectivity index (χ1) is 9.04. The minimum atomic E-state index is 0.347. The number of nitrogens with zero attached hydrogens (tertiary/aromatic N) is 1. The number of benzene rings is 1. The average Bonchev–Trinajstić information content (AvgIpc) is 2.33. The van der Waals surface area contributed by atoms with Crippen molar-refractivity contribution in [2.24, 2.45) is 0 Å². The van der Waals surface area contributed by atoms with Gasteiger partial charge in [0.2, 0.25) is 0 Å². The first-order valence-corrected chi connectivity index (χ1v) is 7.23. The van der Waals surface area contributed by atoms with Gasteiger partial charge in [0.25, 0.3) is 0 Å². The Hall–Kier alpha value is -0.770. The Kier molecular flexibility index (Phi) is 5.08. The van der Waals surface area contributed by atoms with Crippen molar-refractivity contribution in [2.45, 2.75) is 38.5 Å². The molecule has 0 aromatic heterocycles. The van der Waals surface area contributed by atoms with Crippen LogP contribution < -0.4 is 5.32 Å². The summed E-state index contributed by atoms with van der Waals surface area (Å²) in [6.07, 6.45) is 2.47. The monoisotopic (exact) mass is 282 g/mol. The third-order valence-corrected chi connectivity index (χ3v) is 3.76. The van der Waals surface area contributed by atoms with Crippen molar-refractivity contribution in [3.05, 3.63) is 28.8 Å². The molecule has 1 aliphatic heterocycles. The molecule has 0 spiro atoms. The lowest BCUT2D eigenvalue weighted by molar-refractivity contribution is 0.0232. The molecular weight excluding hydrogens is 260 g/mol. The number of nitrogens with one attached hydrogen (secondary N) is 1. The SMILES string of the molecule is C[C@@H]1C[C@@H](Nc2ccc(Cl)c(CN(C)C)c2)CCO1. The molecular formula is C15H23ClN2O. The predicted octanol–water partition coefficient (Wildman–Crippen LogP) is 3.38. The number of hydrogen-bond acceptors (Lipinski definition) is 3. The summed E-state index contributed by atoms with van der Waals surface area (Å²) < 4.78 is 5.57. The van der Waals surface area contributed by atoms with Gasteiger partial charge >= 0.3 is 0 Å². The first kappa shape index (κ1) is 14.6. The van der Waals surface area contributed by atoms with Gasteiger partial charge in [-0.3, -0.25) is 0 Å². The fourth-order valence-corrected chi connectivity index (χ4v) is 2.67. The highest BCUT2D eigenvalue weighted by Gasteiger charge is 2.19. The number of hydrogen-bond donors (Lipinski definition) is 1. The molecule has 2 atom stereocenters. The Labute approximate surface area is 120 Å². The van der Waals surface area contributed by atoms with Crippen LogP contribution in [0, 0.1) is 0 Å². The number of anilines is 1. The van der Waals surface area contributed by atoms with Gasteiger partial charge in [0.1, 0.15) is 0 Å². The molecule has 1 heterocycles. The second-order valence-corrected chi connectivity index (χ2v) is 6.00. The molecule has 2 rings (SSSR count). The van der Waals surface area contributed by atoms with Gasteiger partial charge < -0.3 is 15.0 Å². The Balaban J connectivity index is 2.03. The van der Waals surface area contributed by atoms with Crippen LogP contribution in [0.25, 0.3) is 0 Å². The van der Waals surface area contributed by atoms with E-state index in [1.807, 2.05) is 6.07 Å². The smallest absolute Gasteiger partial charge is 0.0566 e. The first-order valence-electron chi connectivity index (χ1n) is 6.86. The maximum atomic E-state index is 6.23. The van der Waals surface area contributed by atoms with E-state index in [0.717, 1.165) is 42.3 Å². The second kappa shape index (κ2) is 6.60. The molecule has 0 saturated carbocycles. The highest BCUT2D eigenvalue weighted by Crippen LogP contribution is 2.24. The van der Waals surface area contributed by atoms with E-state index in [2.05, 4.69) is 43.4 Å². The maximum Gasteiger partial charge on any atom is 0.0566 e. The van der Waals surface area contributed by atoms with Crippen LogP contribution in [0.4, 0.5) is 5.69 Å². The van der Waals surface area contributed by atoms with Gasteiger partial charge in [0.15, 0.2) is 0 Å². The molecule has 1 saturated heterocycles. The summed E-state index contributed by atoms with van der Waals surface area (Å²) in [5, 5.41) is 4.43. The largest absolute Gasteiger partial charge is 0.382 e. The summed E-state index contributed by atoms with van der Waals surface area (Å²) >= 11 is 6.23. The zero-order chi connectivity index (χ0) is 13.8. The van der Waals surface area contributed by atoms with Crippen molar-refractivity contribution in [1.29, 1.82) is 0 Å². The van der Waals surface area contributed by atoms with Crippen LogP contribution in [0.3, 0.4) is 0 Å². The Morgan fingerprint density at radius 2 is 2.21 bits per heavy atom. The van der Waals surface area contributed by atoms with Gasteiger partial charge in [0, 0.05) is 29.9 Å². The molecule has 0 unspecified atom stereocenters. The van der Waals surface area contributed by atoms with E-state index in [4.69, 9.17) is 16.3 Å². The molecule has 4 heteroatoms. The van der Waals surface area contributed by atoms with Crippen LogP contribution in [0.2, 0.25) is 5.02 Å². The van der Waals surface area contributed by atoms with E-state index in [9.17, 15) is 0 Å². The Morgan fingerprint density at radius 3 is 2.89 bits per heavy atom. The predicted molar refractivity (Wildman–Crippen MR) is 80.9 cm³/mol. The summed E-state index contributed by atoms with van der Waals surface area (Å²) in [6, 6.07) is 6.69. The van der Waals surface area contributed by atoms with Crippen molar-refractivity contribution in [3.8, 4) is 0 Å². The number of halogens is 1. The highest BCUT2D eigenvalue weighted by atomic mass is 35.5. The summed E-state index contributed by atoms with van der Waals surface area (Å²) in [5.41, 5.74) is 2.32. The molecule has 0 amide bonds. The summed E-state index contributed by atoms with van der Waals surface area (Å²) in [6.45, 7) is 3.84. The van der Waals surface area contributed by atoms with Gasteiger partial charge in [-0.05, 0) is 57.6 Å². The molecule has 1 fully saturated rings. The fourth-order valence-electron chi connectivity index (χ4n) is 2.49. The molecule has 106 valence electrons. The van der Waals surface area contributed by atoms with Crippen LogP contribution >= 0.6 is 11.6 Å². The van der Waals surface area contributed by atoms with E-state index in [1.54, 1.807) is 0 Å². The zero-order valence-electron chi connectivity index (χ0n) is 11.9. The third-order valence-electron chi connectivity index (χ3n) is 3.39. The van der Waals surface area contributed by atoms with Crippen molar-refractivity contribution in [3.63, 3.8) is 0 Å². The number of ether oxygens (including phenoxy) is 1. The molecule has 19 heavy (non-hydrogen) atoms. The average molecular weight is 283 g/mol. The minimum absolute atomic E-state index is 0.347. The van der Waals surface area contributed by atoms with Crippen molar-refractivity contribution in [2.75, 3.05) is 26.0 Å². The van der Waals surface area contributed by atoms with Gasteiger partial charge in [-0.15, -0.1) is 0 Å². The van der Waals surface area contributed by atoms with E-state index in [0.29, 0.717) is 12.1 Å². The number of rotatable bonds is 4. The molecule has 1 aromatic rings. The quantitative estimate of drug-likeness (QED) is 0.916. The lowest BCUT2D eigenvalue weighted by Crippen LogP contribution is -2.32. The van der Waals surface area contributed by atoms with Crippen LogP contribution in [0.1, 0.15) is 25.3 Å². The maximum absolute atomic E-state index is 6.23. The second-order valence-electron chi connectivity index (χ2n) is 5.59. The fraction of sp³-hybridized carbons (Fsp3) is 0.600. The summed E-state index contributed by atoms with van der Waals surface area (Å²) in [5.74, 6) is 0. The van der Waals surface area contributed by atoms with E-state index < -0.39 is 0 Å². The standard InChI is InChI=1S/C15H23ClN2O/c1-11-8-14(6-7-19-11)17-13-4-5-15(16)12(9-13)10-18(2)3/h4-5,9,11,14,17H,6-8,10H2,1-3H3/t11-,14+/m1/s1. The lowest BCUT2D eigenvalue weighted by Gasteiger charge is -2.29. The van der Waals surface area contributed by atoms with E-state index in [-0.39, 0.29) is 0 Å². The molecule has 1 aromatic carbocycles. The van der Waals surface area contributed by atoms with Crippen LogP contribution in [0.5, 0.6) is 0 Å². The molecule has 3 nitrogen and oxygen atoms in total. The molecule has 0 bridgehead atoms. The van der Waals surface area contributed by atoms with Crippen molar-refractivity contribution in [1.82, 2.24) is 4.90 Å². The topological polar surface area (TPSA) is 24.5 Å². The van der Waals surface area contributed by atoms with Crippen LogP contribution in [-0.2, 0) is 11.3 Å². The van der Waals surface area contributed by atoms with Crippen molar-refractivity contribution >= 4 is 17.3 Å². The highest BCUT2D eigenvalue weighted by molar-refractivity contribution is 6.31. The Morgan fingerprint density at radius 1 is 1.42 bits per heavy atom. The van der Waals surface area contributed by atoms with E-state index in [1.165, 1.54) is 0 Å². The molecule has 1 N–H and O–H groups in total. The summed E-state index contributed by atoms with van der Waals surface area (Å²) in [4.78, 5) is 2.13. The van der Waals surface area contributed by atoms with Gasteiger partial charge in [-0.2, -0.15) is 0 Å². The van der Waals surface area contributed by atoms with E-state index >= 15 is 0 Å². The summed E-state index contributed by atoms with van der Waals surface area (Å²) in [7, 11) is 4.10. The van der Waals surface area contributed by atoms with Crippen LogP contribution in [-0.4, -0.2) is 37.7 Å². The van der Waals surface area contributed by atoms with Crippen molar-refractivity contribution < 1.29 is 4.74 Å². The zero-order valence-corrected chi connectivity index (χ0v) is 12.7. The Bertz CT molecular complexity index is 423. The van der Waals surface area contributed by atoms with Crippen LogP contribution in [0.15, 0.2) is 18.2 Å². The molecule has 0 radical (unpaired) electrons. The molecule has 0 aliphatic carbocycles. The minimum Gasteiger partial charge on any atom is -0.382 e. The van der Waals surface area contributed by atoms with Gasteiger partial charge in [0.05, 0.1) is 6.10 Å². The van der Waals surface area contributed by atoms with Gasteiger partial charge in [-0.1, -0.05) is 11.6 Å². The van der Waals surface area contributed by atoms with Gasteiger partial charge in [-0.25, -0.2) is 0 Å². The molecule has 1 aliphatic rings. The lowest BCUT2D eigenvalue weighted by atomic mass is 10.0. The third kappa shape index (κ3) is 4.37. The normalized spacial score (nSPS) is 23.6.